The van der Waals surface area contributed by atoms with Gasteiger partial charge in [-0.3, -0.25) is 4.57 Å². The molecule has 0 bridgehead atoms. The molecule has 14 aromatic rings. The summed E-state index contributed by atoms with van der Waals surface area (Å²) in [7, 11) is -3.25. The van der Waals surface area contributed by atoms with Crippen LogP contribution in [-0.4, -0.2) is 22.2 Å². The van der Waals surface area contributed by atoms with E-state index in [0.29, 0.717) is 28.4 Å². The van der Waals surface area contributed by atoms with E-state index < -0.39 is 14.9 Å². The molecule has 0 atom stereocenters. The number of fused-ring (bicyclic) bond motifs is 7. The van der Waals surface area contributed by atoms with Crippen LogP contribution in [0.1, 0.15) is 88.7 Å². The van der Waals surface area contributed by atoms with Crippen LogP contribution in [0.5, 0.6) is 11.5 Å². The number of ether oxygens (including phenoxy) is 1. The van der Waals surface area contributed by atoms with Crippen molar-refractivity contribution in [2.24, 2.45) is 0 Å². The molecular weight excluding hydrogens is 1260 g/mol. The number of hydrogen-bond acceptors (Lipinski definition) is 3. The summed E-state index contributed by atoms with van der Waals surface area (Å²) >= 11 is 0. The fourth-order valence-electron chi connectivity index (χ4n) is 12.6. The number of aryl methyl sites for hydroxylation is 1. The van der Waals surface area contributed by atoms with Crippen LogP contribution in [0, 0.1) is 25.3 Å². The normalized spacial score (nSPS) is 13.0. The van der Waals surface area contributed by atoms with Gasteiger partial charge in [-0.05, 0) is 119 Å². The van der Waals surface area contributed by atoms with Crippen LogP contribution in [0.15, 0.2) is 235 Å². The predicted molar refractivity (Wildman–Crippen MR) is 357 cm³/mol. The van der Waals surface area contributed by atoms with Crippen molar-refractivity contribution < 1.29 is 38.9 Å². The van der Waals surface area contributed by atoms with Crippen LogP contribution in [0.25, 0.3) is 83.1 Å². The van der Waals surface area contributed by atoms with Gasteiger partial charge in [0.05, 0.1) is 16.7 Å². The van der Waals surface area contributed by atoms with Gasteiger partial charge in [0.1, 0.15) is 17.0 Å². The average Bonchev–Trinajstić information content (AvgIpc) is 1.19. The van der Waals surface area contributed by atoms with Gasteiger partial charge in [-0.1, -0.05) is 226 Å². The SMILES string of the molecule is [2H]C([2H])([2H])c1cc(-n2c3[c-]c(Oc4[c-]c(-n5[c-][n+](-c6ccc7oc8ccccc8c7c6)c6ccccc65)ccc4)ccc3c3ccccc32)ncc1-c1cccc([Si](c2cccc(C(C)(C)C)c2)(c2cccc(C(C)(C)C)c2)c2cccc(C(C)(C)C)c2)c1.[Pt]. The molecule has 0 saturated carbocycles. The number of benzene rings is 10. The van der Waals surface area contributed by atoms with Crippen molar-refractivity contribution in [1.29, 1.82) is 0 Å². The van der Waals surface area contributed by atoms with E-state index in [2.05, 4.69) is 213 Å². The monoisotopic (exact) mass is 1330 g/mol. The first-order chi connectivity index (χ1) is 42.6. The smallest absolute Gasteiger partial charge is 0.268 e. The number of imidazole rings is 1. The van der Waals surface area contributed by atoms with Crippen molar-refractivity contribution in [2.75, 3.05) is 0 Å². The van der Waals surface area contributed by atoms with E-state index >= 15 is 0 Å². The second kappa shape index (κ2) is 21.8. The third-order valence-electron chi connectivity index (χ3n) is 17.2. The van der Waals surface area contributed by atoms with E-state index in [9.17, 15) is 4.11 Å². The van der Waals surface area contributed by atoms with Crippen molar-refractivity contribution in [3.05, 3.63) is 271 Å². The number of rotatable bonds is 10. The summed E-state index contributed by atoms with van der Waals surface area (Å²) in [5.74, 6) is 1.39. The van der Waals surface area contributed by atoms with E-state index in [1.807, 2.05) is 100 Å². The molecule has 0 radical (unpaired) electrons. The van der Waals surface area contributed by atoms with Gasteiger partial charge in [-0.2, -0.15) is 18.2 Å². The molecule has 8 heteroatoms. The van der Waals surface area contributed by atoms with Crippen molar-refractivity contribution in [2.45, 2.75) is 85.4 Å². The topological polar surface area (TPSA) is 49.0 Å². The molecule has 14 rings (SSSR count). The minimum absolute atomic E-state index is 0. The molecule has 0 aliphatic heterocycles. The molecular formula is C79H68N4O2PtSi-2. The molecule has 4 aromatic heterocycles. The van der Waals surface area contributed by atoms with E-state index in [4.69, 9.17) is 14.1 Å². The number of hydrogen-bond donors (Lipinski definition) is 0. The second-order valence-corrected chi connectivity index (χ2v) is 29.7. The number of furan rings is 1. The Kier molecular flexibility index (Phi) is 13.4. The number of pyridine rings is 1. The number of para-hydroxylation sites is 4. The summed E-state index contributed by atoms with van der Waals surface area (Å²) in [5.41, 5.74) is 11.8. The van der Waals surface area contributed by atoms with Gasteiger partial charge >= 0.3 is 0 Å². The third kappa shape index (κ3) is 10.1. The fourth-order valence-corrected chi connectivity index (χ4v) is 17.4. The zero-order valence-corrected chi connectivity index (χ0v) is 53.6. The quantitative estimate of drug-likeness (QED) is 0.0593. The van der Waals surface area contributed by atoms with Crippen LogP contribution in [0.2, 0.25) is 0 Å². The van der Waals surface area contributed by atoms with Gasteiger partial charge in [0.15, 0.2) is 8.07 Å². The van der Waals surface area contributed by atoms with E-state index in [0.717, 1.165) is 71.4 Å². The van der Waals surface area contributed by atoms with Gasteiger partial charge in [-0.15, -0.1) is 29.7 Å². The van der Waals surface area contributed by atoms with Crippen molar-refractivity contribution in [1.82, 2.24) is 14.1 Å². The van der Waals surface area contributed by atoms with Gasteiger partial charge in [-0.25, -0.2) is 4.98 Å². The average molecular weight is 1330 g/mol. The number of aromatic nitrogens is 4. The van der Waals surface area contributed by atoms with E-state index in [1.165, 1.54) is 32.3 Å². The largest absolute Gasteiger partial charge is 0.510 e. The predicted octanol–water partition coefficient (Wildman–Crippen LogP) is 16.7. The van der Waals surface area contributed by atoms with Crippen molar-refractivity contribution in [3.8, 4) is 39.8 Å². The summed E-state index contributed by atoms with van der Waals surface area (Å²) in [6, 6.07) is 85.7. The molecule has 4 heterocycles. The molecule has 10 aromatic carbocycles. The second-order valence-electron chi connectivity index (χ2n) is 25.9. The zero-order valence-electron chi connectivity index (χ0n) is 53.4. The van der Waals surface area contributed by atoms with Crippen LogP contribution >= 0.6 is 0 Å². The van der Waals surface area contributed by atoms with E-state index in [-0.39, 0.29) is 42.9 Å². The fraction of sp³-hybridized carbons (Fsp3) is 0.165. The molecule has 87 heavy (non-hydrogen) atoms. The van der Waals surface area contributed by atoms with Gasteiger partial charge in [0.25, 0.3) is 6.33 Å². The van der Waals surface area contributed by atoms with Gasteiger partial charge < -0.3 is 18.3 Å². The Hall–Kier alpha value is -8.87. The Morgan fingerprint density at radius 1 is 0.506 bits per heavy atom. The first kappa shape index (κ1) is 53.6. The summed E-state index contributed by atoms with van der Waals surface area (Å²) in [6.45, 7) is 18.0. The van der Waals surface area contributed by atoms with E-state index in [1.54, 1.807) is 12.3 Å². The minimum Gasteiger partial charge on any atom is -0.510 e. The molecule has 0 aliphatic carbocycles. The van der Waals surface area contributed by atoms with Gasteiger partial charge in [0.2, 0.25) is 0 Å². The summed E-state index contributed by atoms with van der Waals surface area (Å²) in [5, 5.41) is 8.91. The summed E-state index contributed by atoms with van der Waals surface area (Å²) < 4.78 is 46.8. The van der Waals surface area contributed by atoms with Crippen LogP contribution in [-0.2, 0) is 37.3 Å². The summed E-state index contributed by atoms with van der Waals surface area (Å²) in [6.07, 6.45) is 5.37. The first-order valence-electron chi connectivity index (χ1n) is 31.1. The van der Waals surface area contributed by atoms with Crippen molar-refractivity contribution in [3.63, 3.8) is 0 Å². The Balaban J connectivity index is 0.00000743. The summed E-state index contributed by atoms with van der Waals surface area (Å²) in [4.78, 5) is 5.23. The third-order valence-corrected chi connectivity index (χ3v) is 21.9. The standard InChI is InChI=1S/C79H68N4O2Si.Pt/c1-52-42-76(80-50-69(52)53-22-17-28-61(43-53)86(62-29-18-23-54(44-62)77(2,3)4,63-30-19-24-55(45-63)78(5,6)7)64-31-20-25-56(46-64)79(8,9)10)83-70-34-13-11-32-65(70)66-40-39-60(49-73(66)83)84-59-27-21-26-57(47-59)81-51-82(72-36-15-14-35-71(72)81)58-38-41-75-68(48-58)67-33-12-16-37-74(67)85-75;/h11-46,48,50H,1-10H3;/q-2;/i1D3;. The molecule has 6 nitrogen and oxygen atoms in total. The molecule has 0 fully saturated rings. The molecule has 0 saturated heterocycles. The Morgan fingerprint density at radius 3 is 1.75 bits per heavy atom. The maximum atomic E-state index is 9.28. The molecule has 432 valence electrons. The zero-order chi connectivity index (χ0) is 61.8. The molecule has 0 aliphatic rings. The first-order valence-corrected chi connectivity index (χ1v) is 31.6. The Labute approximate surface area is 529 Å². The molecule has 0 unspecified atom stereocenters. The molecule has 0 spiro atoms. The van der Waals surface area contributed by atoms with Crippen molar-refractivity contribution >= 4 is 83.6 Å². The molecule has 0 N–H and O–H groups in total. The number of nitrogens with zero attached hydrogens (tertiary/aromatic N) is 4. The maximum Gasteiger partial charge on any atom is 0.268 e. The van der Waals surface area contributed by atoms with Crippen LogP contribution in [0.3, 0.4) is 0 Å². The minimum atomic E-state index is -3.25. The Bertz CT molecular complexity index is 4950. The Morgan fingerprint density at radius 2 is 1.08 bits per heavy atom. The molecule has 0 amide bonds. The van der Waals surface area contributed by atoms with Gasteiger partial charge in [0, 0.05) is 64.7 Å². The van der Waals surface area contributed by atoms with Crippen LogP contribution in [0.4, 0.5) is 0 Å². The van der Waals surface area contributed by atoms with Crippen LogP contribution < -0.4 is 30.1 Å². The maximum absolute atomic E-state index is 9.28.